The maximum absolute atomic E-state index is 13.0. The molecule has 1 saturated heterocycles. The Labute approximate surface area is 188 Å². The fourth-order valence-corrected chi connectivity index (χ4v) is 6.05. The first-order valence-corrected chi connectivity index (χ1v) is 12.7. The van der Waals surface area contributed by atoms with Crippen LogP contribution in [-0.4, -0.2) is 53.1 Å². The van der Waals surface area contributed by atoms with E-state index < -0.39 is 10.0 Å². The molecule has 1 aliphatic heterocycles. The zero-order chi connectivity index (χ0) is 22.8. The van der Waals surface area contributed by atoms with E-state index in [1.165, 1.54) is 16.8 Å². The van der Waals surface area contributed by atoms with Gasteiger partial charge in [0.25, 0.3) is 0 Å². The summed E-state index contributed by atoms with van der Waals surface area (Å²) in [7, 11) is -1.36. The topological polar surface area (TPSA) is 52.7 Å². The third-order valence-electron chi connectivity index (χ3n) is 6.94. The van der Waals surface area contributed by atoms with Crippen LogP contribution in [-0.2, 0) is 16.4 Å². The largest absolute Gasteiger partial charge is 0.369 e. The number of rotatable bonds is 7. The molecule has 0 radical (unpaired) electrons. The number of likely N-dealkylation sites (N-methyl/N-ethyl adjacent to an activating group) is 1. The molecule has 2 aromatic rings. The fourth-order valence-electron chi connectivity index (χ4n) is 4.38. The predicted molar refractivity (Wildman–Crippen MR) is 130 cm³/mol. The zero-order valence-electron chi connectivity index (χ0n) is 19.9. The van der Waals surface area contributed by atoms with Crippen molar-refractivity contribution in [3.05, 3.63) is 57.6 Å². The summed E-state index contributed by atoms with van der Waals surface area (Å²) in [5.41, 5.74) is 7.52. The molecule has 5 nitrogen and oxygen atoms in total. The third kappa shape index (κ3) is 5.30. The predicted octanol–water partition coefficient (Wildman–Crippen LogP) is 3.89. The molecule has 0 saturated carbocycles. The van der Waals surface area contributed by atoms with Crippen LogP contribution in [0.2, 0.25) is 0 Å². The Hall–Kier alpha value is -1.89. The van der Waals surface area contributed by atoms with Crippen molar-refractivity contribution in [2.45, 2.75) is 52.4 Å². The second-order valence-electron chi connectivity index (χ2n) is 8.91. The summed E-state index contributed by atoms with van der Waals surface area (Å²) in [5.74, 6) is 0. The zero-order valence-corrected chi connectivity index (χ0v) is 20.7. The van der Waals surface area contributed by atoms with Crippen LogP contribution >= 0.6 is 0 Å². The third-order valence-corrected chi connectivity index (χ3v) is 8.67. The second kappa shape index (κ2) is 9.72. The van der Waals surface area contributed by atoms with Gasteiger partial charge in [-0.3, -0.25) is 0 Å². The van der Waals surface area contributed by atoms with Crippen LogP contribution in [0.1, 0.15) is 39.8 Å². The van der Waals surface area contributed by atoms with Gasteiger partial charge in [-0.2, -0.15) is 0 Å². The van der Waals surface area contributed by atoms with E-state index in [0.29, 0.717) is 11.4 Å². The molecule has 1 aliphatic rings. The van der Waals surface area contributed by atoms with Crippen molar-refractivity contribution in [2.24, 2.45) is 0 Å². The monoisotopic (exact) mass is 443 g/mol. The van der Waals surface area contributed by atoms with Crippen molar-refractivity contribution in [2.75, 3.05) is 44.7 Å². The molecule has 1 N–H and O–H groups in total. The maximum Gasteiger partial charge on any atom is 0.241 e. The lowest BCUT2D eigenvalue weighted by Gasteiger charge is -2.34. The minimum atomic E-state index is -3.52. The van der Waals surface area contributed by atoms with Crippen molar-refractivity contribution < 1.29 is 8.42 Å². The summed E-state index contributed by atoms with van der Waals surface area (Å²) >= 11 is 0. The van der Waals surface area contributed by atoms with Gasteiger partial charge in [-0.1, -0.05) is 12.1 Å². The summed E-state index contributed by atoms with van der Waals surface area (Å²) < 4.78 is 28.9. The van der Waals surface area contributed by atoms with Gasteiger partial charge in [0.15, 0.2) is 0 Å². The lowest BCUT2D eigenvalue weighted by Crippen LogP contribution is -2.44. The Kier molecular flexibility index (Phi) is 7.45. The van der Waals surface area contributed by atoms with Gasteiger partial charge in [0.05, 0.1) is 4.90 Å². The quantitative estimate of drug-likeness (QED) is 0.660. The number of benzene rings is 2. The summed E-state index contributed by atoms with van der Waals surface area (Å²) in [6.07, 6.45) is 1.63. The van der Waals surface area contributed by atoms with E-state index in [-0.39, 0.29) is 0 Å². The van der Waals surface area contributed by atoms with Crippen molar-refractivity contribution in [3.8, 4) is 0 Å². The Morgan fingerprint density at radius 1 is 0.806 bits per heavy atom. The van der Waals surface area contributed by atoms with Crippen LogP contribution < -0.4 is 9.62 Å². The average molecular weight is 444 g/mol. The molecule has 3 rings (SSSR count). The number of hydrogen-bond donors (Lipinski definition) is 1. The highest BCUT2D eigenvalue weighted by Gasteiger charge is 2.23. The number of piperazine rings is 1. The van der Waals surface area contributed by atoms with Crippen molar-refractivity contribution in [3.63, 3.8) is 0 Å². The minimum Gasteiger partial charge on any atom is -0.369 e. The highest BCUT2D eigenvalue weighted by Crippen LogP contribution is 2.29. The van der Waals surface area contributed by atoms with Gasteiger partial charge < -0.3 is 9.80 Å². The number of nitrogens with one attached hydrogen (secondary N) is 1. The molecule has 6 heteroatoms. The molecule has 31 heavy (non-hydrogen) atoms. The van der Waals surface area contributed by atoms with E-state index in [2.05, 4.69) is 52.8 Å². The first kappa shape index (κ1) is 23.8. The SMILES string of the molecule is Cc1c(C)c(C)c(S(=O)(=O)NCCCc2ccc(N3CCN(C)CC3)cc2)c(C)c1C. The molecule has 0 aliphatic carbocycles. The number of anilines is 1. The van der Waals surface area contributed by atoms with Crippen LogP contribution in [0.15, 0.2) is 29.2 Å². The molecule has 1 heterocycles. The number of nitrogens with zero attached hydrogens (tertiary/aromatic N) is 2. The summed E-state index contributed by atoms with van der Waals surface area (Å²) in [5, 5.41) is 0. The lowest BCUT2D eigenvalue weighted by atomic mass is 9.95. The molecule has 170 valence electrons. The average Bonchev–Trinajstić information content (AvgIpc) is 2.75. The Bertz CT molecular complexity index is 993. The summed E-state index contributed by atoms with van der Waals surface area (Å²) in [4.78, 5) is 5.23. The van der Waals surface area contributed by atoms with Crippen molar-refractivity contribution in [1.29, 1.82) is 0 Å². The van der Waals surface area contributed by atoms with E-state index in [1.54, 1.807) is 0 Å². The van der Waals surface area contributed by atoms with E-state index in [9.17, 15) is 8.42 Å². The van der Waals surface area contributed by atoms with Gasteiger partial charge in [0.2, 0.25) is 10.0 Å². The molecular weight excluding hydrogens is 406 g/mol. The van der Waals surface area contributed by atoms with Gasteiger partial charge in [-0.15, -0.1) is 0 Å². The molecular formula is C25H37N3O2S. The Morgan fingerprint density at radius 2 is 1.32 bits per heavy atom. The van der Waals surface area contributed by atoms with E-state index in [0.717, 1.165) is 61.3 Å². The smallest absolute Gasteiger partial charge is 0.241 e. The van der Waals surface area contributed by atoms with E-state index in [1.807, 2.05) is 27.7 Å². The Morgan fingerprint density at radius 3 is 1.87 bits per heavy atom. The molecule has 0 amide bonds. The van der Waals surface area contributed by atoms with Crippen molar-refractivity contribution in [1.82, 2.24) is 9.62 Å². The van der Waals surface area contributed by atoms with Gasteiger partial charge in [0, 0.05) is 38.4 Å². The summed E-state index contributed by atoms with van der Waals surface area (Å²) in [6, 6.07) is 8.72. The van der Waals surface area contributed by atoms with Crippen LogP contribution in [0.25, 0.3) is 0 Å². The molecule has 0 unspecified atom stereocenters. The molecule has 2 aromatic carbocycles. The normalized spacial score (nSPS) is 15.5. The molecule has 0 aromatic heterocycles. The Balaban J connectivity index is 1.57. The van der Waals surface area contributed by atoms with Gasteiger partial charge in [0.1, 0.15) is 0 Å². The first-order chi connectivity index (χ1) is 14.6. The number of sulfonamides is 1. The number of aryl methyl sites for hydroxylation is 1. The van der Waals surface area contributed by atoms with Crippen LogP contribution in [0.4, 0.5) is 5.69 Å². The fraction of sp³-hybridized carbons (Fsp3) is 0.520. The highest BCUT2D eigenvalue weighted by molar-refractivity contribution is 7.89. The molecule has 0 bridgehead atoms. The van der Waals surface area contributed by atoms with Crippen LogP contribution in [0.3, 0.4) is 0 Å². The second-order valence-corrected chi connectivity index (χ2v) is 10.6. The first-order valence-electron chi connectivity index (χ1n) is 11.2. The lowest BCUT2D eigenvalue weighted by molar-refractivity contribution is 0.313. The maximum atomic E-state index is 13.0. The van der Waals surface area contributed by atoms with Crippen LogP contribution in [0.5, 0.6) is 0 Å². The van der Waals surface area contributed by atoms with Crippen molar-refractivity contribution >= 4 is 15.7 Å². The van der Waals surface area contributed by atoms with E-state index >= 15 is 0 Å². The molecule has 0 spiro atoms. The van der Waals surface area contributed by atoms with Gasteiger partial charge in [-0.05, 0) is 100 Å². The van der Waals surface area contributed by atoms with E-state index in [4.69, 9.17) is 0 Å². The molecule has 1 fully saturated rings. The minimum absolute atomic E-state index is 0.438. The highest BCUT2D eigenvalue weighted by atomic mass is 32.2. The van der Waals surface area contributed by atoms with Crippen LogP contribution in [0, 0.1) is 34.6 Å². The molecule has 0 atom stereocenters. The van der Waals surface area contributed by atoms with Gasteiger partial charge >= 0.3 is 0 Å². The number of hydrogen-bond acceptors (Lipinski definition) is 4. The summed E-state index contributed by atoms with van der Waals surface area (Å²) in [6.45, 7) is 14.6. The van der Waals surface area contributed by atoms with Gasteiger partial charge in [-0.25, -0.2) is 13.1 Å². The standard InChI is InChI=1S/C25H37N3O2S/c1-18-19(2)21(4)25(22(5)20(18)3)31(29,30)26-13-7-8-23-9-11-24(12-10-23)28-16-14-27(6)15-17-28/h9-12,26H,7-8,13-17H2,1-6H3.